The fraction of sp³-hybridized carbons (Fsp3) is 0.652. The van der Waals surface area contributed by atoms with Gasteiger partial charge < -0.3 is 61.4 Å². The lowest BCUT2D eigenvalue weighted by atomic mass is 9.89. The number of amides is 11. The number of nitrogens with two attached hydrogens (primary N) is 1. The lowest BCUT2D eigenvalue weighted by Crippen LogP contribution is -2.60. The van der Waals surface area contributed by atoms with Crippen LogP contribution in [0.25, 0.3) is 0 Å². The maximum Gasteiger partial charge on any atom is 0.410 e. The Morgan fingerprint density at radius 1 is 0.732 bits per heavy atom. The topological polar surface area (TPSA) is 330 Å². The second kappa shape index (κ2) is 39.0. The van der Waals surface area contributed by atoms with Crippen LogP contribution < -0.4 is 37.6 Å². The highest BCUT2D eigenvalue weighted by atomic mass is 19.4. The Morgan fingerprint density at radius 2 is 1.36 bits per heavy atom. The van der Waals surface area contributed by atoms with Crippen LogP contribution in [0.2, 0.25) is 0 Å². The molecule has 0 radical (unpaired) electrons. The minimum Gasteiger partial charge on any atom is -0.445 e. The lowest BCUT2D eigenvalue weighted by Gasteiger charge is -2.41. The summed E-state index contributed by atoms with van der Waals surface area (Å²) in [7, 11) is 6.00. The maximum absolute atomic E-state index is 14.8. The molecule has 1 saturated heterocycles. The van der Waals surface area contributed by atoms with Crippen molar-refractivity contribution in [2.24, 2.45) is 35.3 Å². The van der Waals surface area contributed by atoms with Gasteiger partial charge in [-0.2, -0.15) is 13.2 Å². The third kappa shape index (κ3) is 24.1. The lowest BCUT2D eigenvalue weighted by molar-refractivity contribution is -0.161. The molecule has 11 amide bonds. The van der Waals surface area contributed by atoms with Crippen molar-refractivity contribution in [2.75, 3.05) is 53.3 Å². The molecule has 2 aromatic carbocycles. The van der Waals surface area contributed by atoms with Crippen LogP contribution in [0.4, 0.5) is 28.4 Å². The molecule has 0 bridgehead atoms. The first kappa shape index (κ1) is 81.7. The van der Waals surface area contributed by atoms with Crippen molar-refractivity contribution in [3.8, 4) is 0 Å². The van der Waals surface area contributed by atoms with Crippen LogP contribution in [0.15, 0.2) is 66.7 Å². The van der Waals surface area contributed by atoms with Crippen molar-refractivity contribution in [2.45, 2.75) is 213 Å². The molecular formula is C69H106F3N11O14. The van der Waals surface area contributed by atoms with E-state index in [1.807, 2.05) is 32.0 Å². The molecule has 2 heterocycles. The van der Waals surface area contributed by atoms with E-state index in [4.69, 9.17) is 19.9 Å². The quantitative estimate of drug-likeness (QED) is 0.0262. The van der Waals surface area contributed by atoms with E-state index in [2.05, 4.69) is 31.9 Å². The number of urea groups is 1. The molecule has 2 aromatic rings. The molecule has 0 spiro atoms. The molecule has 9 N–H and O–H groups in total. The first-order valence-corrected chi connectivity index (χ1v) is 33.6. The zero-order chi connectivity index (χ0) is 72.6. The molecule has 25 nitrogen and oxygen atoms in total. The number of alkyl halides is 3. The van der Waals surface area contributed by atoms with Gasteiger partial charge >= 0.3 is 18.3 Å². The van der Waals surface area contributed by atoms with Gasteiger partial charge in [0.2, 0.25) is 35.4 Å². The monoisotopic (exact) mass is 1370 g/mol. The van der Waals surface area contributed by atoms with E-state index in [9.17, 15) is 66.2 Å². The van der Waals surface area contributed by atoms with Crippen molar-refractivity contribution in [1.29, 1.82) is 0 Å². The molecule has 2 aliphatic heterocycles. The van der Waals surface area contributed by atoms with E-state index in [1.54, 1.807) is 91.6 Å². The smallest absolute Gasteiger partial charge is 0.410 e. The molecule has 1 fully saturated rings. The minimum atomic E-state index is -4.76. The highest BCUT2D eigenvalue weighted by molar-refractivity contribution is 6.12. The van der Waals surface area contributed by atoms with Crippen LogP contribution in [0.1, 0.15) is 151 Å². The van der Waals surface area contributed by atoms with Gasteiger partial charge in [-0.05, 0) is 92.4 Å². The first-order valence-electron chi connectivity index (χ1n) is 33.6. The van der Waals surface area contributed by atoms with E-state index in [0.29, 0.717) is 36.9 Å². The van der Waals surface area contributed by atoms with Crippen molar-refractivity contribution in [3.05, 3.63) is 77.9 Å². The fourth-order valence-electron chi connectivity index (χ4n) is 12.5. The summed E-state index contributed by atoms with van der Waals surface area (Å²) in [6, 6.07) is 5.54. The molecule has 2 aliphatic rings. The summed E-state index contributed by atoms with van der Waals surface area (Å²) in [6.45, 7) is 17.7. The molecule has 0 aromatic heterocycles. The molecule has 542 valence electrons. The number of aliphatic hydroxyl groups is 1. The van der Waals surface area contributed by atoms with Gasteiger partial charge in [0.1, 0.15) is 30.8 Å². The summed E-state index contributed by atoms with van der Waals surface area (Å²) in [5.41, 5.74) is 6.58. The predicted molar refractivity (Wildman–Crippen MR) is 358 cm³/mol. The van der Waals surface area contributed by atoms with Gasteiger partial charge in [-0.3, -0.25) is 53.5 Å². The first-order chi connectivity index (χ1) is 45.7. The van der Waals surface area contributed by atoms with Gasteiger partial charge in [0.25, 0.3) is 11.8 Å². The number of anilines is 1. The van der Waals surface area contributed by atoms with Gasteiger partial charge in [-0.25, -0.2) is 9.59 Å². The molecule has 0 unspecified atom stereocenters. The summed E-state index contributed by atoms with van der Waals surface area (Å²) >= 11 is 0. The highest BCUT2D eigenvalue weighted by Gasteiger charge is 2.45. The van der Waals surface area contributed by atoms with E-state index in [1.165, 1.54) is 38.3 Å². The average molecular weight is 1370 g/mol. The number of benzene rings is 2. The van der Waals surface area contributed by atoms with Gasteiger partial charge in [0.05, 0.1) is 54.8 Å². The zero-order valence-electron chi connectivity index (χ0n) is 58.7. The van der Waals surface area contributed by atoms with Crippen molar-refractivity contribution >= 4 is 65.1 Å². The molecule has 28 heteroatoms. The predicted octanol–water partition coefficient (Wildman–Crippen LogP) is 6.48. The number of aliphatic hydroxyl groups excluding tert-OH is 1. The van der Waals surface area contributed by atoms with E-state index < -0.39 is 150 Å². The zero-order valence-corrected chi connectivity index (χ0v) is 58.7. The summed E-state index contributed by atoms with van der Waals surface area (Å²) in [4.78, 5) is 139. The molecule has 97 heavy (non-hydrogen) atoms. The van der Waals surface area contributed by atoms with Crippen molar-refractivity contribution < 1.29 is 80.4 Å². The number of likely N-dealkylation sites (N-methyl/N-ethyl adjacent to an activating group) is 2. The average Bonchev–Trinajstić information content (AvgIpc) is 1.80. The fourth-order valence-corrected chi connectivity index (χ4v) is 12.5. The normalized spacial score (nSPS) is 17.8. The largest absolute Gasteiger partial charge is 0.445 e. The molecule has 0 saturated carbocycles. The Bertz CT molecular complexity index is 2940. The number of carbonyl (C=O) groups excluding carboxylic acids is 10. The van der Waals surface area contributed by atoms with Crippen LogP contribution in [0.3, 0.4) is 0 Å². The second-order valence-electron chi connectivity index (χ2n) is 26.5. The number of carbonyl (C=O) groups is 10. The molecular weight excluding hydrogens is 1260 g/mol. The number of ether oxygens (including phenoxy) is 3. The number of methoxy groups -OCH3 is 2. The number of halogens is 3. The Hall–Kier alpha value is -7.69. The summed E-state index contributed by atoms with van der Waals surface area (Å²) in [5.74, 6) is -6.75. The highest BCUT2D eigenvalue weighted by Crippen LogP contribution is 2.31. The number of nitrogens with zero attached hydrogens (tertiary/aromatic N) is 4. The number of primary amides is 1. The van der Waals surface area contributed by atoms with Crippen LogP contribution in [-0.2, 0) is 59.2 Å². The minimum absolute atomic E-state index is 0.0178. The molecule has 0 aliphatic carbocycles. The number of likely N-dealkylation sites (tertiary alicyclic amines) is 1. The Kier molecular flexibility index (Phi) is 32.9. The number of nitrogens with one attached hydrogen (secondary N) is 6. The number of hydrogen-bond donors (Lipinski definition) is 8. The Morgan fingerprint density at radius 3 is 1.92 bits per heavy atom. The maximum atomic E-state index is 14.8. The van der Waals surface area contributed by atoms with Gasteiger partial charge in [0, 0.05) is 65.8 Å². The summed E-state index contributed by atoms with van der Waals surface area (Å²) in [5, 5.41) is 27.0. The van der Waals surface area contributed by atoms with Crippen LogP contribution in [0.5, 0.6) is 0 Å². The molecule has 4 rings (SSSR count). The van der Waals surface area contributed by atoms with Gasteiger partial charge in [-0.1, -0.05) is 124 Å². The van der Waals surface area contributed by atoms with Gasteiger partial charge in [0.15, 0.2) is 0 Å². The number of rotatable bonds is 39. The standard InChI is InChI=1S/C69H106F3N11O14/c1-15-43(8)59(51(95-13)38-55(86)82-37-23-27-50(82)61(96-14)44(9)62(88)75-45(10)60(87)47-24-18-16-19-25-47)80(11)66(92)57(41(4)5)79-65(91)58(42(6)7)81(12)68(94)97-39-46-29-31-48(32-30-46)76-63(89)49(26-22-35-74-67(73)93)77-64(90)56(40(2)3)78-52(69(70,71)72)28-20-17-21-36-83-53(84)33-34-54(83)85/h16,18-19,24-25,29-34,40-45,49-52,56-61,78,87H,15,17,20-23,26-28,35-39H2,1-14H3,(H,75,88)(H,76,89)(H,77,90)(H,79,91)(H3,73,74,93)/t43-,44+,45+,49-,50-,51+,52-,56-,57-,58-,59-,60+,61+/m0/s1. The van der Waals surface area contributed by atoms with Crippen LogP contribution in [-0.4, -0.2) is 199 Å². The van der Waals surface area contributed by atoms with Crippen molar-refractivity contribution in [1.82, 2.24) is 46.2 Å². The van der Waals surface area contributed by atoms with Crippen LogP contribution >= 0.6 is 0 Å². The van der Waals surface area contributed by atoms with Gasteiger partial charge in [-0.15, -0.1) is 0 Å². The third-order valence-corrected chi connectivity index (χ3v) is 18.3. The SMILES string of the molecule is CC[C@H](C)[C@@H]([C@@H](CC(=O)N1CCC[C@H]1[C@H](OC)[C@@H](C)C(=O)N[C@H](C)[C@@H](O)c1ccccc1)OC)N(C)C(=O)[C@@H](NC(=O)[C@H](C(C)C)N(C)C(=O)OCc1ccc(NC(=O)[C@H](CCCNC(N)=O)NC(=O)[C@@H](N[C@@H](CCCCCN2C(=O)C=CC2=O)C(F)(F)F)C(C)C)cc1)C(C)C. The second-order valence-corrected chi connectivity index (χ2v) is 26.5. The molecule has 13 atom stereocenters. The Balaban J connectivity index is 1.40. The number of hydrogen-bond acceptors (Lipinski definition) is 15. The Labute approximate surface area is 569 Å². The van der Waals surface area contributed by atoms with Crippen LogP contribution in [0, 0.1) is 29.6 Å². The number of unbranched alkanes of at least 4 members (excludes halogenated alkanes) is 2. The van der Waals surface area contributed by atoms with E-state index in [-0.39, 0.29) is 81.6 Å². The van der Waals surface area contributed by atoms with Crippen molar-refractivity contribution in [3.63, 3.8) is 0 Å². The summed E-state index contributed by atoms with van der Waals surface area (Å²) in [6.07, 6.45) is -3.80. The third-order valence-electron chi connectivity index (χ3n) is 18.3. The summed E-state index contributed by atoms with van der Waals surface area (Å²) < 4.78 is 61.0. The van der Waals surface area contributed by atoms with E-state index in [0.717, 1.165) is 22.0 Å². The number of imide groups is 1. The van der Waals surface area contributed by atoms with E-state index >= 15 is 0 Å².